The molecule has 0 saturated carbocycles. The number of thiophene rings is 2. The molecule has 0 radical (unpaired) electrons. The first-order chi connectivity index (χ1) is 36.7. The van der Waals surface area contributed by atoms with Crippen molar-refractivity contribution in [2.75, 3.05) is 0 Å². The molecule has 4 heterocycles. The van der Waals surface area contributed by atoms with Crippen LogP contribution in [-0.2, 0) is 0 Å². The molecule has 342 valence electrons. The number of rotatable bonds is 4. The van der Waals surface area contributed by atoms with Gasteiger partial charge in [0.05, 0.1) is 22.1 Å². The molecular formula is C70H40N2S2. The second-order valence-corrected chi connectivity index (χ2v) is 20.9. The lowest BCUT2D eigenvalue weighted by atomic mass is 9.89. The molecule has 11 aromatic carbocycles. The third kappa shape index (κ3) is 6.82. The lowest BCUT2D eigenvalue weighted by molar-refractivity contribution is 1.18. The maximum absolute atomic E-state index is 3.82. The molecule has 0 N–H and O–H groups in total. The molecule has 0 bridgehead atoms. The van der Waals surface area contributed by atoms with Gasteiger partial charge in [0.15, 0.2) is 0 Å². The van der Waals surface area contributed by atoms with Crippen LogP contribution >= 0.6 is 22.7 Å². The first kappa shape index (κ1) is 42.3. The highest BCUT2D eigenvalue weighted by Crippen LogP contribution is 2.45. The summed E-state index contributed by atoms with van der Waals surface area (Å²) in [5.41, 5.74) is 15.2. The zero-order valence-corrected chi connectivity index (χ0v) is 41.4. The normalized spacial score (nSPS) is 11.6. The predicted molar refractivity (Wildman–Crippen MR) is 317 cm³/mol. The molecule has 4 aromatic heterocycles. The van der Waals surface area contributed by atoms with Gasteiger partial charge in [0.2, 0.25) is 0 Å². The van der Waals surface area contributed by atoms with E-state index in [1.807, 2.05) is 22.7 Å². The Kier molecular flexibility index (Phi) is 9.78. The molecule has 0 aliphatic rings. The zero-order chi connectivity index (χ0) is 48.7. The lowest BCUT2D eigenvalue weighted by Gasteiger charge is -2.14. The van der Waals surface area contributed by atoms with Crippen molar-refractivity contribution >= 4 is 107 Å². The average Bonchev–Trinajstić information content (AvgIpc) is 4.23. The van der Waals surface area contributed by atoms with E-state index in [9.17, 15) is 0 Å². The molecule has 0 spiro atoms. The minimum atomic E-state index is 0.954. The number of para-hydroxylation sites is 4. The van der Waals surface area contributed by atoms with E-state index < -0.39 is 0 Å². The van der Waals surface area contributed by atoms with Crippen LogP contribution < -0.4 is 0 Å². The third-order valence-electron chi connectivity index (χ3n) is 14.6. The Hall–Kier alpha value is -9.42. The summed E-state index contributed by atoms with van der Waals surface area (Å²) >= 11 is 3.69. The Morgan fingerprint density at radius 2 is 0.635 bits per heavy atom. The minimum absolute atomic E-state index is 0.954. The summed E-state index contributed by atoms with van der Waals surface area (Å²) in [6, 6.07) is 87.5. The molecule has 0 aliphatic carbocycles. The fourth-order valence-electron chi connectivity index (χ4n) is 11.3. The molecule has 0 aliphatic heterocycles. The monoisotopic (exact) mass is 972 g/mol. The van der Waals surface area contributed by atoms with E-state index in [1.54, 1.807) is 0 Å². The van der Waals surface area contributed by atoms with Crippen LogP contribution in [0.1, 0.15) is 22.3 Å². The molecule has 0 fully saturated rings. The van der Waals surface area contributed by atoms with Crippen molar-refractivity contribution < 1.29 is 0 Å². The predicted octanol–water partition coefficient (Wildman–Crippen LogP) is 18.8. The quantitative estimate of drug-likeness (QED) is 0.156. The van der Waals surface area contributed by atoms with Gasteiger partial charge in [-0.15, -0.1) is 22.7 Å². The SMILES string of the molecule is C(#Cc1cc(-c2cccc3c2sc2ccccc23)c(C#Cc2ccc3c(c2)c2ccccc2n3-c2ccccc2)cc1-c1cccc2c1sc1ccccc12)c1ccc2c(c1)c1ccccc1n2-c1ccccc1. The van der Waals surface area contributed by atoms with Crippen LogP contribution in [0.5, 0.6) is 0 Å². The topological polar surface area (TPSA) is 9.86 Å². The van der Waals surface area contributed by atoms with Gasteiger partial charge in [-0.25, -0.2) is 0 Å². The molecule has 2 nitrogen and oxygen atoms in total. The standard InChI is InChI=1S/C70H40N2S2/c1-3-17-49(18-4-1)71-63-29-11-7-21-51(63)61-41-45(35-39-65(61)71)33-37-47-43-60(58-28-16-26-56-54-24-10-14-32-68(54)74-70(56)58)48(44-59(47)57-27-15-25-55-53-23-9-13-31-67(53)73-69(55)57)38-34-46-36-40-66-62(42-46)52-22-8-12-30-64(52)72(66)50-19-5-2-6-20-50/h1-32,35-36,39-44H. The van der Waals surface area contributed by atoms with Gasteiger partial charge in [-0.05, 0) is 97.1 Å². The average molecular weight is 973 g/mol. The summed E-state index contributed by atoms with van der Waals surface area (Å²) in [5.74, 6) is 15.1. The van der Waals surface area contributed by atoms with Crippen LogP contribution in [0.2, 0.25) is 0 Å². The van der Waals surface area contributed by atoms with Crippen molar-refractivity contribution in [1.82, 2.24) is 9.13 Å². The largest absolute Gasteiger partial charge is 0.309 e. The molecule has 0 unspecified atom stereocenters. The molecule has 74 heavy (non-hydrogen) atoms. The van der Waals surface area contributed by atoms with Gasteiger partial charge in [0, 0.05) is 118 Å². The van der Waals surface area contributed by atoms with Crippen molar-refractivity contribution in [3.8, 4) is 57.3 Å². The van der Waals surface area contributed by atoms with Crippen molar-refractivity contribution in [3.05, 3.63) is 265 Å². The molecule has 15 aromatic rings. The van der Waals surface area contributed by atoms with Gasteiger partial charge in [-0.1, -0.05) is 169 Å². The summed E-state index contributed by atoms with van der Waals surface area (Å²) in [4.78, 5) is 0. The van der Waals surface area contributed by atoms with Gasteiger partial charge in [-0.2, -0.15) is 0 Å². The van der Waals surface area contributed by atoms with Crippen molar-refractivity contribution in [3.63, 3.8) is 0 Å². The lowest BCUT2D eigenvalue weighted by Crippen LogP contribution is -1.94. The fraction of sp³-hybridized carbons (Fsp3) is 0. The first-order valence-corrected chi connectivity index (χ1v) is 26.5. The number of benzene rings is 11. The van der Waals surface area contributed by atoms with E-state index >= 15 is 0 Å². The third-order valence-corrected chi connectivity index (χ3v) is 17.0. The van der Waals surface area contributed by atoms with Crippen LogP contribution in [0.3, 0.4) is 0 Å². The van der Waals surface area contributed by atoms with Gasteiger partial charge in [0.1, 0.15) is 0 Å². The fourth-order valence-corrected chi connectivity index (χ4v) is 13.7. The van der Waals surface area contributed by atoms with Gasteiger partial charge in [0.25, 0.3) is 0 Å². The van der Waals surface area contributed by atoms with Crippen molar-refractivity contribution in [1.29, 1.82) is 0 Å². The number of hydrogen-bond donors (Lipinski definition) is 0. The molecule has 4 heteroatoms. The smallest absolute Gasteiger partial charge is 0.0541 e. The van der Waals surface area contributed by atoms with Crippen LogP contribution in [0, 0.1) is 23.7 Å². The summed E-state index contributed by atoms with van der Waals surface area (Å²) < 4.78 is 9.72. The molecule has 0 amide bonds. The second kappa shape index (κ2) is 17.1. The van der Waals surface area contributed by atoms with E-state index in [4.69, 9.17) is 0 Å². The summed E-state index contributed by atoms with van der Waals surface area (Å²) in [7, 11) is 0. The summed E-state index contributed by atoms with van der Waals surface area (Å²) in [6.45, 7) is 0. The zero-order valence-electron chi connectivity index (χ0n) is 39.8. The highest BCUT2D eigenvalue weighted by atomic mass is 32.1. The van der Waals surface area contributed by atoms with Gasteiger partial charge in [-0.3, -0.25) is 0 Å². The Labute approximate surface area is 435 Å². The first-order valence-electron chi connectivity index (χ1n) is 24.9. The highest BCUT2D eigenvalue weighted by molar-refractivity contribution is 7.26. The van der Waals surface area contributed by atoms with Gasteiger partial charge < -0.3 is 9.13 Å². The van der Waals surface area contributed by atoms with Crippen LogP contribution in [0.25, 0.3) is 118 Å². The molecule has 0 atom stereocenters. The summed E-state index contributed by atoms with van der Waals surface area (Å²) in [6.07, 6.45) is 0. The molecular weight excluding hydrogens is 933 g/mol. The van der Waals surface area contributed by atoms with Crippen molar-refractivity contribution in [2.24, 2.45) is 0 Å². The summed E-state index contributed by atoms with van der Waals surface area (Å²) in [5, 5.41) is 9.79. The van der Waals surface area contributed by atoms with Crippen molar-refractivity contribution in [2.45, 2.75) is 0 Å². The Morgan fingerprint density at radius 1 is 0.257 bits per heavy atom. The van der Waals surface area contributed by atoms with Crippen LogP contribution in [-0.4, -0.2) is 9.13 Å². The second-order valence-electron chi connectivity index (χ2n) is 18.8. The van der Waals surface area contributed by atoms with Gasteiger partial charge >= 0.3 is 0 Å². The maximum atomic E-state index is 3.82. The Bertz CT molecular complexity index is 4590. The van der Waals surface area contributed by atoms with E-state index in [1.165, 1.54) is 72.9 Å². The number of hydrogen-bond acceptors (Lipinski definition) is 2. The maximum Gasteiger partial charge on any atom is 0.0541 e. The Balaban J connectivity index is 0.973. The minimum Gasteiger partial charge on any atom is -0.309 e. The van der Waals surface area contributed by atoms with E-state index in [0.717, 1.165) is 66.9 Å². The highest BCUT2D eigenvalue weighted by Gasteiger charge is 2.20. The van der Waals surface area contributed by atoms with E-state index in [-0.39, 0.29) is 0 Å². The van der Waals surface area contributed by atoms with E-state index in [0.29, 0.717) is 0 Å². The number of nitrogens with zero attached hydrogens (tertiary/aromatic N) is 2. The van der Waals surface area contributed by atoms with Crippen LogP contribution in [0.15, 0.2) is 243 Å². The molecule has 0 saturated heterocycles. The number of aromatic nitrogens is 2. The Morgan fingerprint density at radius 3 is 1.09 bits per heavy atom. The molecule has 15 rings (SSSR count). The van der Waals surface area contributed by atoms with Crippen LogP contribution in [0.4, 0.5) is 0 Å². The number of fused-ring (bicyclic) bond motifs is 12. The van der Waals surface area contributed by atoms with E-state index in [2.05, 4.69) is 275 Å².